The molecule has 0 unspecified atom stereocenters. The summed E-state index contributed by atoms with van der Waals surface area (Å²) in [7, 11) is 1.62. The maximum absolute atomic E-state index is 13.7. The number of rotatable bonds is 11. The van der Waals surface area contributed by atoms with Crippen LogP contribution in [0.3, 0.4) is 0 Å². The Morgan fingerprint density at radius 2 is 1.79 bits per heavy atom. The van der Waals surface area contributed by atoms with E-state index >= 15 is 0 Å². The molecular weight excluding hydrogens is 490 g/mol. The maximum atomic E-state index is 13.7. The predicted octanol–water partition coefficient (Wildman–Crippen LogP) is 5.56. The highest BCUT2D eigenvalue weighted by Gasteiger charge is 2.22. The van der Waals surface area contributed by atoms with Gasteiger partial charge in [-0.2, -0.15) is 5.26 Å². The molecule has 0 spiro atoms. The molecule has 1 aromatic heterocycles. The summed E-state index contributed by atoms with van der Waals surface area (Å²) in [6.07, 6.45) is 3.37. The molecule has 8 heteroatoms. The smallest absolute Gasteiger partial charge is 0.322 e. The number of methoxy groups -OCH3 is 1. The van der Waals surface area contributed by atoms with E-state index < -0.39 is 0 Å². The molecule has 0 fully saturated rings. The van der Waals surface area contributed by atoms with Crippen molar-refractivity contribution in [1.82, 2.24) is 14.8 Å². The minimum Gasteiger partial charge on any atom is -0.497 e. The summed E-state index contributed by atoms with van der Waals surface area (Å²) in [4.78, 5) is 33.4. The molecule has 3 aromatic carbocycles. The van der Waals surface area contributed by atoms with Crippen molar-refractivity contribution in [2.45, 2.75) is 26.3 Å². The first-order valence-corrected chi connectivity index (χ1v) is 13.0. The van der Waals surface area contributed by atoms with Crippen LogP contribution in [0.15, 0.2) is 79.0 Å². The molecule has 0 aliphatic rings. The highest BCUT2D eigenvalue weighted by molar-refractivity contribution is 5.92. The van der Waals surface area contributed by atoms with Gasteiger partial charge in [-0.3, -0.25) is 4.79 Å². The summed E-state index contributed by atoms with van der Waals surface area (Å²) >= 11 is 0. The van der Waals surface area contributed by atoms with Crippen LogP contribution >= 0.6 is 0 Å². The molecule has 39 heavy (non-hydrogen) atoms. The molecule has 0 atom stereocenters. The van der Waals surface area contributed by atoms with Crippen molar-refractivity contribution < 1.29 is 14.3 Å². The van der Waals surface area contributed by atoms with Gasteiger partial charge in [-0.05, 0) is 60.4 Å². The van der Waals surface area contributed by atoms with Crippen molar-refractivity contribution in [3.05, 3.63) is 95.7 Å². The molecule has 3 amide bonds. The molecule has 0 saturated carbocycles. The third-order valence-corrected chi connectivity index (χ3v) is 6.56. The van der Waals surface area contributed by atoms with Crippen LogP contribution in [0.25, 0.3) is 10.9 Å². The summed E-state index contributed by atoms with van der Waals surface area (Å²) in [5.41, 5.74) is 4.14. The fraction of sp³-hybridized carbons (Fsp3) is 0.258. The van der Waals surface area contributed by atoms with Crippen molar-refractivity contribution in [3.8, 4) is 11.8 Å². The SMILES string of the molecule is CCCN(CC(=O)N(CCc1c[nH]c2ccccc12)Cc1ccc(OC)cc1)C(=O)Nc1cccc(C#N)c1. The fourth-order valence-electron chi connectivity index (χ4n) is 4.49. The Morgan fingerprint density at radius 1 is 1.00 bits per heavy atom. The Balaban J connectivity index is 1.50. The number of H-pyrrole nitrogens is 1. The van der Waals surface area contributed by atoms with Gasteiger partial charge in [0.25, 0.3) is 0 Å². The molecular formula is C31H33N5O3. The lowest BCUT2D eigenvalue weighted by Crippen LogP contribution is -2.45. The van der Waals surface area contributed by atoms with Crippen LogP contribution in [-0.2, 0) is 17.8 Å². The van der Waals surface area contributed by atoms with E-state index in [0.717, 1.165) is 27.8 Å². The molecule has 8 nitrogen and oxygen atoms in total. The molecule has 0 aliphatic carbocycles. The highest BCUT2D eigenvalue weighted by atomic mass is 16.5. The van der Waals surface area contributed by atoms with Crippen LogP contribution in [0.1, 0.15) is 30.0 Å². The monoisotopic (exact) mass is 523 g/mol. The van der Waals surface area contributed by atoms with Crippen molar-refractivity contribution in [1.29, 1.82) is 5.26 Å². The number of amides is 3. The molecule has 200 valence electrons. The van der Waals surface area contributed by atoms with E-state index in [9.17, 15) is 9.59 Å². The standard InChI is InChI=1S/C31H33N5O3/c1-3-16-36(31(38)34-26-8-6-7-24(18-26)19-32)22-30(37)35(21-23-11-13-27(39-2)14-12-23)17-15-25-20-33-29-10-5-4-9-28(25)29/h4-14,18,20,33H,3,15-17,21-22H2,1-2H3,(H,34,38). The topological polar surface area (TPSA) is 101 Å². The quantitative estimate of drug-likeness (QED) is 0.269. The summed E-state index contributed by atoms with van der Waals surface area (Å²) in [5, 5.41) is 13.1. The number of fused-ring (bicyclic) bond motifs is 1. The van der Waals surface area contributed by atoms with Gasteiger partial charge in [0.2, 0.25) is 5.91 Å². The molecule has 4 rings (SSSR count). The van der Waals surface area contributed by atoms with E-state index in [1.165, 1.54) is 4.90 Å². The second-order valence-electron chi connectivity index (χ2n) is 9.32. The number of urea groups is 1. The van der Waals surface area contributed by atoms with Gasteiger partial charge in [0.05, 0.1) is 18.7 Å². The van der Waals surface area contributed by atoms with Crippen molar-refractivity contribution in [2.24, 2.45) is 0 Å². The molecule has 2 N–H and O–H groups in total. The van der Waals surface area contributed by atoms with E-state index in [1.807, 2.05) is 55.6 Å². The van der Waals surface area contributed by atoms with E-state index in [4.69, 9.17) is 10.00 Å². The number of hydrogen-bond donors (Lipinski definition) is 2. The van der Waals surface area contributed by atoms with Crippen molar-refractivity contribution in [2.75, 3.05) is 32.1 Å². The largest absolute Gasteiger partial charge is 0.497 e. The third-order valence-electron chi connectivity index (χ3n) is 6.56. The number of hydrogen-bond acceptors (Lipinski definition) is 4. The van der Waals surface area contributed by atoms with Gasteiger partial charge in [-0.25, -0.2) is 4.79 Å². The Bertz CT molecular complexity index is 1460. The van der Waals surface area contributed by atoms with E-state index in [1.54, 1.807) is 36.3 Å². The van der Waals surface area contributed by atoms with Crippen LogP contribution in [0, 0.1) is 11.3 Å². The first-order valence-electron chi connectivity index (χ1n) is 13.0. The number of nitrogens with one attached hydrogen (secondary N) is 2. The minimum atomic E-state index is -0.374. The van der Waals surface area contributed by atoms with Crippen molar-refractivity contribution in [3.63, 3.8) is 0 Å². The molecule has 1 heterocycles. The minimum absolute atomic E-state index is 0.0539. The number of carbonyl (C=O) groups excluding carboxylic acids is 2. The first kappa shape index (κ1) is 27.3. The zero-order valence-electron chi connectivity index (χ0n) is 22.3. The van der Waals surface area contributed by atoms with E-state index in [-0.39, 0.29) is 18.5 Å². The number of nitriles is 1. The molecule has 0 saturated heterocycles. The zero-order valence-corrected chi connectivity index (χ0v) is 22.3. The second kappa shape index (κ2) is 13.2. The lowest BCUT2D eigenvalue weighted by Gasteiger charge is -2.28. The summed E-state index contributed by atoms with van der Waals surface area (Å²) in [6, 6.07) is 24.2. The lowest BCUT2D eigenvalue weighted by atomic mass is 10.1. The predicted molar refractivity (Wildman–Crippen MR) is 152 cm³/mol. The Morgan fingerprint density at radius 3 is 2.54 bits per heavy atom. The van der Waals surface area contributed by atoms with E-state index in [2.05, 4.69) is 22.4 Å². The van der Waals surface area contributed by atoms with Crippen LogP contribution in [-0.4, -0.2) is 53.5 Å². The number of aromatic nitrogens is 1. The number of ether oxygens (including phenoxy) is 1. The Kier molecular flexibility index (Phi) is 9.20. The molecule has 0 radical (unpaired) electrons. The van der Waals surface area contributed by atoms with Gasteiger partial charge in [0.15, 0.2) is 0 Å². The van der Waals surface area contributed by atoms with Crippen LogP contribution in [0.5, 0.6) is 5.75 Å². The third kappa shape index (κ3) is 7.17. The molecule has 0 bridgehead atoms. The normalized spacial score (nSPS) is 10.6. The molecule has 4 aromatic rings. The average Bonchev–Trinajstić information content (AvgIpc) is 3.38. The van der Waals surface area contributed by atoms with Crippen LogP contribution in [0.4, 0.5) is 10.5 Å². The number of anilines is 1. The van der Waals surface area contributed by atoms with Gasteiger partial charge < -0.3 is 24.8 Å². The average molecular weight is 524 g/mol. The summed E-state index contributed by atoms with van der Waals surface area (Å²) in [6.45, 7) is 3.25. The number of carbonyl (C=O) groups is 2. The number of benzene rings is 3. The first-order chi connectivity index (χ1) is 19.0. The van der Waals surface area contributed by atoms with E-state index in [0.29, 0.717) is 43.7 Å². The van der Waals surface area contributed by atoms with Crippen LogP contribution in [0.2, 0.25) is 0 Å². The van der Waals surface area contributed by atoms with Crippen molar-refractivity contribution >= 4 is 28.5 Å². The Hall–Kier alpha value is -4.77. The molecule has 0 aliphatic heterocycles. The van der Waals surface area contributed by atoms with Gasteiger partial charge >= 0.3 is 6.03 Å². The van der Waals surface area contributed by atoms with Crippen LogP contribution < -0.4 is 10.1 Å². The number of nitrogens with zero attached hydrogens (tertiary/aromatic N) is 3. The van der Waals surface area contributed by atoms with Gasteiger partial charge in [-0.1, -0.05) is 43.3 Å². The Labute approximate surface area is 228 Å². The second-order valence-corrected chi connectivity index (χ2v) is 9.32. The highest BCUT2D eigenvalue weighted by Crippen LogP contribution is 2.20. The van der Waals surface area contributed by atoms with Gasteiger partial charge in [-0.15, -0.1) is 0 Å². The lowest BCUT2D eigenvalue weighted by molar-refractivity contribution is -0.132. The number of para-hydroxylation sites is 1. The zero-order chi connectivity index (χ0) is 27.6. The fourth-order valence-corrected chi connectivity index (χ4v) is 4.49. The maximum Gasteiger partial charge on any atom is 0.322 e. The number of aromatic amines is 1. The van der Waals surface area contributed by atoms with Gasteiger partial charge in [0, 0.05) is 42.4 Å². The summed E-state index contributed by atoms with van der Waals surface area (Å²) in [5.74, 6) is 0.613. The van der Waals surface area contributed by atoms with Gasteiger partial charge in [0.1, 0.15) is 12.3 Å². The summed E-state index contributed by atoms with van der Waals surface area (Å²) < 4.78 is 5.28.